The highest BCUT2D eigenvalue weighted by Crippen LogP contribution is 2.26. The average Bonchev–Trinajstić information content (AvgIpc) is 2.74. The normalized spacial score (nSPS) is 14.9. The van der Waals surface area contributed by atoms with Crippen molar-refractivity contribution in [3.8, 4) is 5.75 Å². The highest BCUT2D eigenvalue weighted by Gasteiger charge is 2.19. The van der Waals surface area contributed by atoms with Crippen LogP contribution >= 0.6 is 0 Å². The molecule has 0 atom stereocenters. The van der Waals surface area contributed by atoms with Gasteiger partial charge in [-0.2, -0.15) is 4.98 Å². The molecule has 30 heavy (non-hydrogen) atoms. The number of hydrogen-bond donors (Lipinski definition) is 1. The molecule has 2 aromatic heterocycles. The molecule has 0 spiro atoms. The van der Waals surface area contributed by atoms with Gasteiger partial charge in [-0.25, -0.2) is 4.98 Å². The number of ether oxygens (including phenoxy) is 1. The molecule has 7 heteroatoms. The number of benzene rings is 1. The number of fused-ring (bicyclic) bond motifs is 1. The lowest BCUT2D eigenvalue weighted by Crippen LogP contribution is -2.34. The number of nitrogens with one attached hydrogen (secondary N) is 1. The van der Waals surface area contributed by atoms with E-state index in [2.05, 4.69) is 22.1 Å². The molecular weight excluding hydrogens is 378 g/mol. The third-order valence-corrected chi connectivity index (χ3v) is 5.78. The highest BCUT2D eigenvalue weighted by molar-refractivity contribution is 5.85. The molecule has 1 aliphatic rings. The number of hydrogen-bond acceptors (Lipinski definition) is 6. The second kappa shape index (κ2) is 8.34. The third-order valence-electron chi connectivity index (χ3n) is 5.78. The van der Waals surface area contributed by atoms with Crippen LogP contribution in [0.3, 0.4) is 0 Å². The first kappa shape index (κ1) is 20.2. The van der Waals surface area contributed by atoms with Gasteiger partial charge in [0.25, 0.3) is 5.56 Å². The minimum absolute atomic E-state index is 0.128. The Morgan fingerprint density at radius 2 is 2.00 bits per heavy atom. The monoisotopic (exact) mass is 407 g/mol. The number of rotatable bonds is 5. The van der Waals surface area contributed by atoms with Crippen LogP contribution in [0.2, 0.25) is 0 Å². The second-order valence-corrected chi connectivity index (χ2v) is 8.08. The molecule has 1 N–H and O–H groups in total. The lowest BCUT2D eigenvalue weighted by molar-refractivity contribution is 0.334. The van der Waals surface area contributed by atoms with E-state index in [-0.39, 0.29) is 5.56 Å². The molecule has 158 valence electrons. The number of anilines is 3. The molecular formula is C23H29N5O2. The van der Waals surface area contributed by atoms with Crippen molar-refractivity contribution in [1.29, 1.82) is 0 Å². The van der Waals surface area contributed by atoms with Crippen LogP contribution < -0.4 is 20.5 Å². The van der Waals surface area contributed by atoms with Gasteiger partial charge in [0.1, 0.15) is 5.82 Å². The Bertz CT molecular complexity index is 1120. The Hall–Kier alpha value is -3.09. The van der Waals surface area contributed by atoms with Crippen molar-refractivity contribution < 1.29 is 4.74 Å². The van der Waals surface area contributed by atoms with Gasteiger partial charge in [-0.1, -0.05) is 6.92 Å². The van der Waals surface area contributed by atoms with Crippen molar-refractivity contribution >= 4 is 28.4 Å². The second-order valence-electron chi connectivity index (χ2n) is 8.08. The quantitative estimate of drug-likeness (QED) is 0.689. The van der Waals surface area contributed by atoms with Crippen molar-refractivity contribution in [2.45, 2.75) is 33.6 Å². The maximum absolute atomic E-state index is 12.4. The van der Waals surface area contributed by atoms with E-state index in [0.717, 1.165) is 52.9 Å². The lowest BCUT2D eigenvalue weighted by atomic mass is 10.00. The number of pyridine rings is 1. The summed E-state index contributed by atoms with van der Waals surface area (Å²) in [5.74, 6) is 2.70. The number of aryl methyl sites for hydroxylation is 2. The minimum atomic E-state index is -0.128. The molecule has 0 bridgehead atoms. The van der Waals surface area contributed by atoms with Gasteiger partial charge >= 0.3 is 0 Å². The predicted molar refractivity (Wildman–Crippen MR) is 121 cm³/mol. The van der Waals surface area contributed by atoms with Gasteiger partial charge in [0.2, 0.25) is 5.95 Å². The van der Waals surface area contributed by atoms with Gasteiger partial charge in [0.05, 0.1) is 12.1 Å². The van der Waals surface area contributed by atoms with Gasteiger partial charge < -0.3 is 19.5 Å². The Morgan fingerprint density at radius 1 is 1.23 bits per heavy atom. The van der Waals surface area contributed by atoms with E-state index in [4.69, 9.17) is 9.72 Å². The third kappa shape index (κ3) is 3.97. The fraction of sp³-hybridized carbons (Fsp3) is 0.435. The summed E-state index contributed by atoms with van der Waals surface area (Å²) >= 11 is 0. The molecule has 0 saturated carbocycles. The van der Waals surface area contributed by atoms with E-state index in [9.17, 15) is 4.79 Å². The van der Waals surface area contributed by atoms with E-state index in [0.29, 0.717) is 12.4 Å². The summed E-state index contributed by atoms with van der Waals surface area (Å²) in [4.78, 5) is 24.0. The zero-order chi connectivity index (χ0) is 21.3. The molecule has 3 aromatic rings. The molecule has 1 aromatic carbocycles. The minimum Gasteiger partial charge on any atom is -0.488 e. The molecule has 7 nitrogen and oxygen atoms in total. The Labute approximate surface area is 176 Å². The molecule has 4 rings (SSSR count). The average molecular weight is 408 g/mol. The van der Waals surface area contributed by atoms with Gasteiger partial charge in [0.15, 0.2) is 5.75 Å². The number of piperidine rings is 1. The van der Waals surface area contributed by atoms with E-state index in [1.165, 1.54) is 12.8 Å². The van der Waals surface area contributed by atoms with Crippen molar-refractivity contribution in [1.82, 2.24) is 14.5 Å². The first-order valence-corrected chi connectivity index (χ1v) is 10.6. The van der Waals surface area contributed by atoms with Crippen LogP contribution in [-0.4, -0.2) is 34.2 Å². The number of aromatic nitrogens is 3. The van der Waals surface area contributed by atoms with Crippen molar-refractivity contribution in [3.05, 3.63) is 46.4 Å². The predicted octanol–water partition coefficient (Wildman–Crippen LogP) is 4.02. The zero-order valence-electron chi connectivity index (χ0n) is 18.1. The van der Waals surface area contributed by atoms with Crippen LogP contribution in [0.15, 0.2) is 35.3 Å². The summed E-state index contributed by atoms with van der Waals surface area (Å²) in [5, 5.41) is 4.37. The van der Waals surface area contributed by atoms with E-state index in [1.807, 2.05) is 38.2 Å². The van der Waals surface area contributed by atoms with Crippen LogP contribution in [0, 0.1) is 12.8 Å². The topological polar surface area (TPSA) is 72.3 Å². The Balaban J connectivity index is 1.64. The maximum atomic E-state index is 12.4. The molecule has 1 aliphatic heterocycles. The summed E-state index contributed by atoms with van der Waals surface area (Å²) < 4.78 is 7.13. The van der Waals surface area contributed by atoms with Gasteiger partial charge in [0, 0.05) is 43.0 Å². The van der Waals surface area contributed by atoms with Crippen molar-refractivity contribution in [2.24, 2.45) is 13.0 Å². The summed E-state index contributed by atoms with van der Waals surface area (Å²) in [6.07, 6.45) is 4.22. The van der Waals surface area contributed by atoms with Crippen LogP contribution in [0.1, 0.15) is 32.3 Å². The van der Waals surface area contributed by atoms with E-state index >= 15 is 0 Å². The molecule has 1 saturated heterocycles. The first-order chi connectivity index (χ1) is 14.5. The molecule has 0 unspecified atom stereocenters. The van der Waals surface area contributed by atoms with Crippen LogP contribution in [0.25, 0.3) is 10.9 Å². The standard InChI is InChI=1S/C23H29N5O2/c1-5-30-20-13-17-12-18(6-7-19(17)27(4)22(20)29)25-21-16(3)14-24-23(26-21)28-10-8-15(2)9-11-28/h6-7,12-15H,5,8-11H2,1-4H3,(H,24,25,26). The fourth-order valence-corrected chi connectivity index (χ4v) is 3.85. The Morgan fingerprint density at radius 3 is 2.73 bits per heavy atom. The maximum Gasteiger partial charge on any atom is 0.293 e. The van der Waals surface area contributed by atoms with Crippen LogP contribution in [0.5, 0.6) is 5.75 Å². The summed E-state index contributed by atoms with van der Waals surface area (Å²) in [6.45, 7) is 8.62. The lowest BCUT2D eigenvalue weighted by Gasteiger charge is -2.30. The van der Waals surface area contributed by atoms with Crippen molar-refractivity contribution in [2.75, 3.05) is 29.9 Å². The first-order valence-electron chi connectivity index (χ1n) is 10.6. The highest BCUT2D eigenvalue weighted by atomic mass is 16.5. The number of nitrogens with zero attached hydrogens (tertiary/aromatic N) is 4. The Kier molecular flexibility index (Phi) is 5.61. The molecule has 0 aliphatic carbocycles. The smallest absolute Gasteiger partial charge is 0.293 e. The molecule has 0 radical (unpaired) electrons. The van der Waals surface area contributed by atoms with Gasteiger partial charge in [-0.3, -0.25) is 4.79 Å². The SMILES string of the molecule is CCOc1cc2cc(Nc3nc(N4CCC(C)CC4)ncc3C)ccc2n(C)c1=O. The zero-order valence-corrected chi connectivity index (χ0v) is 18.1. The van der Waals surface area contributed by atoms with E-state index < -0.39 is 0 Å². The molecule has 1 fully saturated rings. The van der Waals surface area contributed by atoms with Crippen molar-refractivity contribution in [3.63, 3.8) is 0 Å². The van der Waals surface area contributed by atoms with Crippen LogP contribution in [-0.2, 0) is 7.05 Å². The fourth-order valence-electron chi connectivity index (χ4n) is 3.85. The van der Waals surface area contributed by atoms with Gasteiger partial charge in [-0.15, -0.1) is 0 Å². The van der Waals surface area contributed by atoms with Gasteiger partial charge in [-0.05, 0) is 56.9 Å². The van der Waals surface area contributed by atoms with E-state index in [1.54, 1.807) is 17.7 Å². The molecule has 0 amide bonds. The molecule has 3 heterocycles. The summed E-state index contributed by atoms with van der Waals surface area (Å²) in [5.41, 5.74) is 2.62. The summed E-state index contributed by atoms with van der Waals surface area (Å²) in [7, 11) is 1.76. The van der Waals surface area contributed by atoms with Crippen LogP contribution in [0.4, 0.5) is 17.5 Å². The summed E-state index contributed by atoms with van der Waals surface area (Å²) in [6, 6.07) is 7.73. The largest absolute Gasteiger partial charge is 0.488 e.